The molecule has 1 amide bonds. The third-order valence-corrected chi connectivity index (χ3v) is 5.00. The van der Waals surface area contributed by atoms with Crippen molar-refractivity contribution in [2.45, 2.75) is 19.5 Å². The van der Waals surface area contributed by atoms with E-state index in [9.17, 15) is 13.6 Å². The molecule has 2 aromatic carbocycles. The molecule has 0 fully saturated rings. The summed E-state index contributed by atoms with van der Waals surface area (Å²) >= 11 is 1.20. The molecule has 0 saturated heterocycles. The van der Waals surface area contributed by atoms with E-state index in [1.807, 2.05) is 6.07 Å². The number of aryl methyl sites for hydroxylation is 1. The molecular formula is C21H20F2N2O4S. The zero-order chi connectivity index (χ0) is 21.5. The lowest BCUT2D eigenvalue weighted by atomic mass is 10.1. The molecule has 3 rings (SSSR count). The fraction of sp³-hybridized carbons (Fsp3) is 0.238. The Morgan fingerprint density at radius 2 is 1.93 bits per heavy atom. The number of ether oxygens (including phenoxy) is 3. The predicted octanol–water partition coefficient (Wildman–Crippen LogP) is 5.00. The predicted molar refractivity (Wildman–Crippen MR) is 111 cm³/mol. The van der Waals surface area contributed by atoms with Gasteiger partial charge < -0.3 is 19.5 Å². The number of aromatic nitrogens is 1. The lowest BCUT2D eigenvalue weighted by molar-refractivity contribution is -0.116. The molecule has 1 N–H and O–H groups in total. The monoisotopic (exact) mass is 434 g/mol. The second kappa shape index (κ2) is 10.0. The summed E-state index contributed by atoms with van der Waals surface area (Å²) < 4.78 is 40.3. The van der Waals surface area contributed by atoms with Gasteiger partial charge in [0.1, 0.15) is 17.2 Å². The van der Waals surface area contributed by atoms with Crippen molar-refractivity contribution in [1.29, 1.82) is 0 Å². The average Bonchev–Trinajstić information content (AvgIpc) is 3.20. The number of amides is 1. The largest absolute Gasteiger partial charge is 0.497 e. The van der Waals surface area contributed by atoms with Crippen molar-refractivity contribution >= 4 is 22.4 Å². The molecule has 30 heavy (non-hydrogen) atoms. The first-order chi connectivity index (χ1) is 14.5. The second-order valence-corrected chi connectivity index (χ2v) is 7.00. The van der Waals surface area contributed by atoms with Gasteiger partial charge in [0.2, 0.25) is 5.91 Å². The lowest BCUT2D eigenvalue weighted by Crippen LogP contribution is -2.12. The van der Waals surface area contributed by atoms with Crippen LogP contribution in [-0.2, 0) is 11.2 Å². The summed E-state index contributed by atoms with van der Waals surface area (Å²) in [5.41, 5.74) is 1.72. The topological polar surface area (TPSA) is 69.7 Å². The highest BCUT2D eigenvalue weighted by molar-refractivity contribution is 7.14. The van der Waals surface area contributed by atoms with Crippen molar-refractivity contribution in [3.63, 3.8) is 0 Å². The normalized spacial score (nSPS) is 10.7. The molecule has 1 heterocycles. The molecular weight excluding hydrogens is 414 g/mol. The summed E-state index contributed by atoms with van der Waals surface area (Å²) in [6.07, 6.45) is 0.666. The SMILES string of the molecule is COc1ccc(OC)c(CCC(=O)Nc2nc(-c3ccccc3OC(F)F)cs2)c1. The number of carbonyl (C=O) groups is 1. The van der Waals surface area contributed by atoms with E-state index in [-0.39, 0.29) is 18.1 Å². The molecule has 9 heteroatoms. The quantitative estimate of drug-likeness (QED) is 0.513. The number of halogens is 2. The molecule has 0 aliphatic heterocycles. The Kier molecular flexibility index (Phi) is 7.18. The minimum atomic E-state index is -2.93. The van der Waals surface area contributed by atoms with Crippen molar-refractivity contribution in [1.82, 2.24) is 4.98 Å². The molecule has 0 bridgehead atoms. The fourth-order valence-corrected chi connectivity index (χ4v) is 3.57. The van der Waals surface area contributed by atoms with E-state index in [1.54, 1.807) is 49.9 Å². The average molecular weight is 434 g/mol. The zero-order valence-corrected chi connectivity index (χ0v) is 17.2. The first-order valence-corrected chi connectivity index (χ1v) is 9.88. The van der Waals surface area contributed by atoms with Gasteiger partial charge in [0, 0.05) is 17.4 Å². The van der Waals surface area contributed by atoms with E-state index in [1.165, 1.54) is 17.4 Å². The van der Waals surface area contributed by atoms with Gasteiger partial charge in [-0.15, -0.1) is 11.3 Å². The van der Waals surface area contributed by atoms with Crippen LogP contribution in [0.1, 0.15) is 12.0 Å². The van der Waals surface area contributed by atoms with Gasteiger partial charge in [-0.1, -0.05) is 12.1 Å². The molecule has 0 radical (unpaired) electrons. The van der Waals surface area contributed by atoms with Crippen molar-refractivity contribution in [2.75, 3.05) is 19.5 Å². The van der Waals surface area contributed by atoms with Crippen molar-refractivity contribution < 1.29 is 27.8 Å². The fourth-order valence-electron chi connectivity index (χ4n) is 2.84. The number of hydrogen-bond donors (Lipinski definition) is 1. The van der Waals surface area contributed by atoms with Crippen LogP contribution in [0.25, 0.3) is 11.3 Å². The van der Waals surface area contributed by atoms with Crippen molar-refractivity contribution in [3.05, 3.63) is 53.4 Å². The summed E-state index contributed by atoms with van der Waals surface area (Å²) in [6, 6.07) is 11.8. The van der Waals surface area contributed by atoms with E-state index in [2.05, 4.69) is 15.0 Å². The number of benzene rings is 2. The number of hydrogen-bond acceptors (Lipinski definition) is 6. The van der Waals surface area contributed by atoms with Crippen LogP contribution in [0.2, 0.25) is 0 Å². The standard InChI is InChI=1S/C21H20F2N2O4S/c1-27-14-8-9-17(28-2)13(11-14)7-10-19(26)25-21-24-16(12-30-21)15-5-3-4-6-18(15)29-20(22)23/h3-6,8-9,11-12,20H,7,10H2,1-2H3,(H,24,25,26). The number of alkyl halides is 2. The highest BCUT2D eigenvalue weighted by Gasteiger charge is 2.15. The van der Waals surface area contributed by atoms with E-state index >= 15 is 0 Å². The van der Waals surface area contributed by atoms with Crippen LogP contribution in [0.4, 0.5) is 13.9 Å². The number of thiazole rings is 1. The van der Waals surface area contributed by atoms with Gasteiger partial charge in [0.05, 0.1) is 19.9 Å². The molecule has 1 aromatic heterocycles. The second-order valence-electron chi connectivity index (χ2n) is 6.14. The lowest BCUT2D eigenvalue weighted by Gasteiger charge is -2.10. The first kappa shape index (κ1) is 21.5. The van der Waals surface area contributed by atoms with Gasteiger partial charge in [-0.25, -0.2) is 4.98 Å². The number of carbonyl (C=O) groups excluding carboxylic acids is 1. The minimum absolute atomic E-state index is 0.0285. The Morgan fingerprint density at radius 1 is 1.13 bits per heavy atom. The Morgan fingerprint density at radius 3 is 2.67 bits per heavy atom. The Bertz CT molecular complexity index is 1010. The highest BCUT2D eigenvalue weighted by atomic mass is 32.1. The summed E-state index contributed by atoms with van der Waals surface area (Å²) in [6.45, 7) is -2.93. The smallest absolute Gasteiger partial charge is 0.387 e. The van der Waals surface area contributed by atoms with Crippen LogP contribution in [0, 0.1) is 0 Å². The van der Waals surface area contributed by atoms with Crippen LogP contribution in [0.3, 0.4) is 0 Å². The van der Waals surface area contributed by atoms with Crippen LogP contribution >= 0.6 is 11.3 Å². The molecule has 3 aromatic rings. The Balaban J connectivity index is 1.65. The van der Waals surface area contributed by atoms with Crippen molar-refractivity contribution in [2.24, 2.45) is 0 Å². The minimum Gasteiger partial charge on any atom is -0.497 e. The van der Waals surface area contributed by atoms with Crippen LogP contribution in [-0.4, -0.2) is 31.7 Å². The summed E-state index contributed by atoms with van der Waals surface area (Å²) in [5.74, 6) is 1.16. The molecule has 6 nitrogen and oxygen atoms in total. The molecule has 0 spiro atoms. The molecule has 0 aliphatic rings. The van der Waals surface area contributed by atoms with Gasteiger partial charge in [-0.3, -0.25) is 4.79 Å². The van der Waals surface area contributed by atoms with Gasteiger partial charge in [-0.2, -0.15) is 8.78 Å². The van der Waals surface area contributed by atoms with Crippen molar-refractivity contribution in [3.8, 4) is 28.5 Å². The van der Waals surface area contributed by atoms with E-state index in [4.69, 9.17) is 9.47 Å². The summed E-state index contributed by atoms with van der Waals surface area (Å²) in [7, 11) is 3.14. The third-order valence-electron chi connectivity index (χ3n) is 4.24. The van der Waals surface area contributed by atoms with Crippen LogP contribution in [0.15, 0.2) is 47.8 Å². The third kappa shape index (κ3) is 5.44. The Labute approximate surface area is 176 Å². The maximum atomic E-state index is 12.6. The number of nitrogens with zero attached hydrogens (tertiary/aromatic N) is 1. The number of rotatable bonds is 9. The van der Waals surface area contributed by atoms with Crippen LogP contribution in [0.5, 0.6) is 17.2 Å². The van der Waals surface area contributed by atoms with Gasteiger partial charge in [0.15, 0.2) is 5.13 Å². The number of anilines is 1. The van der Waals surface area contributed by atoms with Gasteiger partial charge in [-0.05, 0) is 42.3 Å². The van der Waals surface area contributed by atoms with Crippen LogP contribution < -0.4 is 19.5 Å². The van der Waals surface area contributed by atoms with E-state index < -0.39 is 6.61 Å². The summed E-state index contributed by atoms with van der Waals surface area (Å²) in [5, 5.41) is 4.79. The Hall–Kier alpha value is -3.20. The molecule has 158 valence electrons. The maximum absolute atomic E-state index is 12.6. The van der Waals surface area contributed by atoms with E-state index in [0.717, 1.165) is 5.56 Å². The molecule has 0 saturated carbocycles. The summed E-state index contributed by atoms with van der Waals surface area (Å²) in [4.78, 5) is 16.7. The zero-order valence-electron chi connectivity index (χ0n) is 16.4. The first-order valence-electron chi connectivity index (χ1n) is 9.00. The number of para-hydroxylation sites is 1. The van der Waals surface area contributed by atoms with Gasteiger partial charge in [0.25, 0.3) is 0 Å². The maximum Gasteiger partial charge on any atom is 0.387 e. The molecule has 0 aliphatic carbocycles. The number of nitrogens with one attached hydrogen (secondary N) is 1. The van der Waals surface area contributed by atoms with Gasteiger partial charge >= 0.3 is 6.61 Å². The van der Waals surface area contributed by atoms with E-state index in [0.29, 0.717) is 34.3 Å². The molecule has 0 unspecified atom stereocenters. The number of methoxy groups -OCH3 is 2. The highest BCUT2D eigenvalue weighted by Crippen LogP contribution is 2.33. The molecule has 0 atom stereocenters.